The van der Waals surface area contributed by atoms with Crippen LogP contribution in [0.15, 0.2) is 79.1 Å². The van der Waals surface area contributed by atoms with Crippen LogP contribution in [0, 0.1) is 12.8 Å². The van der Waals surface area contributed by atoms with E-state index in [-0.39, 0.29) is 5.91 Å². The number of amides is 1. The quantitative estimate of drug-likeness (QED) is 0.321. The van der Waals surface area contributed by atoms with Crippen LogP contribution >= 0.6 is 0 Å². The number of rotatable bonds is 9. The Hall–Kier alpha value is -3.81. The summed E-state index contributed by atoms with van der Waals surface area (Å²) >= 11 is 0. The van der Waals surface area contributed by atoms with Crippen LogP contribution in [0.25, 0.3) is 5.69 Å². The van der Waals surface area contributed by atoms with Crippen LogP contribution in [0.1, 0.15) is 58.6 Å². The number of aryl methyl sites for hydroxylation is 1. The Morgan fingerprint density at radius 3 is 2.61 bits per heavy atom. The summed E-state index contributed by atoms with van der Waals surface area (Å²) in [4.78, 5) is 17.5. The van der Waals surface area contributed by atoms with Crippen molar-refractivity contribution in [2.24, 2.45) is 11.7 Å². The highest BCUT2D eigenvalue weighted by molar-refractivity contribution is 6.03. The minimum Gasteiger partial charge on any atom is -0.380 e. The van der Waals surface area contributed by atoms with Crippen molar-refractivity contribution in [3.05, 3.63) is 107 Å². The summed E-state index contributed by atoms with van der Waals surface area (Å²) in [7, 11) is 0. The molecule has 0 radical (unpaired) electrons. The molecule has 1 fully saturated rings. The fourth-order valence-corrected chi connectivity index (χ4v) is 4.63. The monoisotopic (exact) mass is 481 g/mol. The van der Waals surface area contributed by atoms with Crippen LogP contribution in [0.5, 0.6) is 0 Å². The van der Waals surface area contributed by atoms with Gasteiger partial charge in [0.05, 0.1) is 11.4 Å². The van der Waals surface area contributed by atoms with Gasteiger partial charge in [0.25, 0.3) is 5.91 Å². The predicted molar refractivity (Wildman–Crippen MR) is 140 cm³/mol. The first-order valence-corrected chi connectivity index (χ1v) is 12.4. The molecular formula is C29H31N5O2. The lowest BCUT2D eigenvalue weighted by Crippen LogP contribution is -2.28. The van der Waals surface area contributed by atoms with Gasteiger partial charge in [0.2, 0.25) is 0 Å². The Morgan fingerprint density at radius 2 is 1.86 bits per heavy atom. The summed E-state index contributed by atoms with van der Waals surface area (Å²) in [5.74, 6) is 0.402. The molecule has 2 aromatic carbocycles. The molecule has 7 heteroatoms. The van der Waals surface area contributed by atoms with Gasteiger partial charge in [-0.05, 0) is 84.8 Å². The van der Waals surface area contributed by atoms with Gasteiger partial charge in [-0.25, -0.2) is 4.68 Å². The van der Waals surface area contributed by atoms with Crippen LogP contribution < -0.4 is 11.1 Å². The summed E-state index contributed by atoms with van der Waals surface area (Å²) in [6.07, 6.45) is 7.42. The zero-order valence-corrected chi connectivity index (χ0v) is 20.4. The Balaban J connectivity index is 1.43. The molecule has 1 aliphatic rings. The molecule has 1 atom stereocenters. The van der Waals surface area contributed by atoms with Crippen LogP contribution in [0.3, 0.4) is 0 Å². The number of pyridine rings is 1. The fraction of sp³-hybridized carbons (Fsp3) is 0.276. The van der Waals surface area contributed by atoms with E-state index in [1.165, 1.54) is 12.8 Å². The van der Waals surface area contributed by atoms with Gasteiger partial charge in [-0.2, -0.15) is 5.10 Å². The minimum absolute atomic E-state index is 0.281. The minimum atomic E-state index is -1.16. The van der Waals surface area contributed by atoms with Gasteiger partial charge in [-0.15, -0.1) is 0 Å². The normalized spacial score (nSPS) is 14.9. The maximum atomic E-state index is 13.4. The van der Waals surface area contributed by atoms with Crippen LogP contribution in [-0.2, 0) is 12.1 Å². The summed E-state index contributed by atoms with van der Waals surface area (Å²) < 4.78 is 1.64. The summed E-state index contributed by atoms with van der Waals surface area (Å²) in [5.41, 5.74) is 9.69. The number of nitrogens with two attached hydrogens (primary N) is 1. The van der Waals surface area contributed by atoms with Crippen LogP contribution in [-0.4, -0.2) is 25.8 Å². The van der Waals surface area contributed by atoms with Gasteiger partial charge in [0.1, 0.15) is 11.3 Å². The molecule has 2 aromatic heterocycles. The van der Waals surface area contributed by atoms with E-state index in [0.717, 1.165) is 34.5 Å². The second kappa shape index (κ2) is 10.0. The molecule has 0 aliphatic heterocycles. The first-order chi connectivity index (χ1) is 17.5. The number of benzene rings is 2. The van der Waals surface area contributed by atoms with Crippen molar-refractivity contribution in [2.75, 3.05) is 5.32 Å². The third-order valence-electron chi connectivity index (χ3n) is 6.82. The molecule has 0 saturated heterocycles. The zero-order valence-electron chi connectivity index (χ0n) is 20.4. The molecule has 4 aromatic rings. The van der Waals surface area contributed by atoms with E-state index >= 15 is 0 Å². The molecule has 7 nitrogen and oxygen atoms in total. The molecule has 0 spiro atoms. The highest BCUT2D eigenvalue weighted by Crippen LogP contribution is 2.41. The molecule has 184 valence electrons. The maximum absolute atomic E-state index is 13.4. The first kappa shape index (κ1) is 23.9. The van der Waals surface area contributed by atoms with Crippen molar-refractivity contribution < 1.29 is 9.90 Å². The Kier molecular flexibility index (Phi) is 6.67. The van der Waals surface area contributed by atoms with E-state index in [1.807, 2.05) is 67.6 Å². The van der Waals surface area contributed by atoms with Crippen LogP contribution in [0.4, 0.5) is 5.69 Å². The topological polar surface area (TPSA) is 106 Å². The predicted octanol–water partition coefficient (Wildman–Crippen LogP) is 4.71. The Labute approximate surface area is 211 Å². The number of carbonyl (C=O) groups excluding carboxylic acids is 1. The van der Waals surface area contributed by atoms with E-state index in [2.05, 4.69) is 15.4 Å². The average molecular weight is 482 g/mol. The van der Waals surface area contributed by atoms with Gasteiger partial charge < -0.3 is 16.2 Å². The van der Waals surface area contributed by atoms with Gasteiger partial charge in [-0.3, -0.25) is 9.78 Å². The molecule has 4 N–H and O–H groups in total. The highest BCUT2D eigenvalue weighted by atomic mass is 16.3. The summed E-state index contributed by atoms with van der Waals surface area (Å²) in [6, 6.07) is 20.6. The second-order valence-corrected chi connectivity index (χ2v) is 9.57. The third kappa shape index (κ3) is 5.08. The molecule has 2 heterocycles. The van der Waals surface area contributed by atoms with Crippen molar-refractivity contribution in [3.63, 3.8) is 0 Å². The number of nitrogens with zero attached hydrogens (tertiary/aromatic N) is 3. The molecule has 1 unspecified atom stereocenters. The lowest BCUT2D eigenvalue weighted by atomic mass is 9.82. The highest BCUT2D eigenvalue weighted by Gasteiger charge is 2.34. The molecule has 5 rings (SSSR count). The molecular weight excluding hydrogens is 450 g/mol. The van der Waals surface area contributed by atoms with Crippen molar-refractivity contribution in [3.8, 4) is 5.69 Å². The molecule has 1 saturated carbocycles. The van der Waals surface area contributed by atoms with E-state index in [4.69, 9.17) is 5.73 Å². The lowest BCUT2D eigenvalue weighted by molar-refractivity contribution is 0.0669. The first-order valence-electron chi connectivity index (χ1n) is 12.4. The van der Waals surface area contributed by atoms with Crippen molar-refractivity contribution in [2.45, 2.75) is 44.8 Å². The SMILES string of the molecule is Cc1cc(C(=O)Nc2cccc(C(O)(CCC3CC3)c3ccncc3)c2)n(-c2cccc(CN)c2)n1. The van der Waals surface area contributed by atoms with Gasteiger partial charge in [0, 0.05) is 24.6 Å². The number of carbonyl (C=O) groups is 1. The van der Waals surface area contributed by atoms with E-state index in [0.29, 0.717) is 30.3 Å². The third-order valence-corrected chi connectivity index (χ3v) is 6.82. The van der Waals surface area contributed by atoms with Crippen molar-refractivity contribution >= 4 is 11.6 Å². The van der Waals surface area contributed by atoms with Crippen molar-refractivity contribution in [1.82, 2.24) is 14.8 Å². The van der Waals surface area contributed by atoms with Gasteiger partial charge in [0.15, 0.2) is 0 Å². The van der Waals surface area contributed by atoms with Crippen LogP contribution in [0.2, 0.25) is 0 Å². The standard InChI is InChI=1S/C29H31N5O2/c1-20-16-27(34(33-20)26-7-2-4-22(17-26)19-30)28(35)32-25-6-3-5-24(18-25)29(36,13-10-21-8-9-21)23-11-14-31-15-12-23/h2-7,11-12,14-18,21,36H,8-10,13,19,30H2,1H3,(H,32,35). The number of nitrogens with one attached hydrogen (secondary N) is 1. The second-order valence-electron chi connectivity index (χ2n) is 9.57. The van der Waals surface area contributed by atoms with E-state index in [9.17, 15) is 9.90 Å². The molecule has 1 amide bonds. The van der Waals surface area contributed by atoms with Gasteiger partial charge in [-0.1, -0.05) is 37.1 Å². The smallest absolute Gasteiger partial charge is 0.274 e. The lowest BCUT2D eigenvalue weighted by Gasteiger charge is -2.30. The fourth-order valence-electron chi connectivity index (χ4n) is 4.63. The van der Waals surface area contributed by atoms with E-state index in [1.54, 1.807) is 23.1 Å². The summed E-state index contributed by atoms with van der Waals surface area (Å²) in [5, 5.41) is 19.4. The molecule has 36 heavy (non-hydrogen) atoms. The van der Waals surface area contributed by atoms with E-state index < -0.39 is 5.60 Å². The number of anilines is 1. The Bertz CT molecular complexity index is 1360. The number of aliphatic hydroxyl groups is 1. The van der Waals surface area contributed by atoms with Crippen molar-refractivity contribution in [1.29, 1.82) is 0 Å². The maximum Gasteiger partial charge on any atom is 0.274 e. The Morgan fingerprint density at radius 1 is 1.08 bits per heavy atom. The average Bonchev–Trinajstić information content (AvgIpc) is 3.66. The van der Waals surface area contributed by atoms with Gasteiger partial charge >= 0.3 is 0 Å². The largest absolute Gasteiger partial charge is 0.380 e. The number of aromatic nitrogens is 3. The summed E-state index contributed by atoms with van der Waals surface area (Å²) in [6.45, 7) is 2.26. The molecule has 0 bridgehead atoms. The zero-order chi connectivity index (χ0) is 25.1. The molecule has 1 aliphatic carbocycles. The number of hydrogen-bond acceptors (Lipinski definition) is 5. The number of hydrogen-bond donors (Lipinski definition) is 3.